The van der Waals surface area contributed by atoms with Crippen LogP contribution in [0.1, 0.15) is 16.8 Å². The summed E-state index contributed by atoms with van der Waals surface area (Å²) < 4.78 is 0. The molecule has 1 aromatic heterocycles. The Labute approximate surface area is 165 Å². The Kier molecular flexibility index (Phi) is 6.40. The van der Waals surface area contributed by atoms with Gasteiger partial charge >= 0.3 is 0 Å². The van der Waals surface area contributed by atoms with Crippen molar-refractivity contribution in [2.75, 3.05) is 32.1 Å². The van der Waals surface area contributed by atoms with Gasteiger partial charge in [0.05, 0.1) is 0 Å². The molecule has 5 heteroatoms. The molecule has 1 N–H and O–H groups in total. The van der Waals surface area contributed by atoms with E-state index >= 15 is 0 Å². The molecule has 0 atom stereocenters. The van der Waals surface area contributed by atoms with Crippen LogP contribution < -0.4 is 4.90 Å². The summed E-state index contributed by atoms with van der Waals surface area (Å²) in [6.45, 7) is 1.51. The highest BCUT2D eigenvalue weighted by molar-refractivity contribution is 6.06. The Hall–Kier alpha value is -3.18. The third-order valence-electron chi connectivity index (χ3n) is 4.54. The first kappa shape index (κ1) is 19.6. The minimum Gasteiger partial charge on any atom is -0.508 e. The van der Waals surface area contributed by atoms with Gasteiger partial charge in [-0.05, 0) is 86.7 Å². The molecule has 0 radical (unpaired) electrons. The van der Waals surface area contributed by atoms with Gasteiger partial charge in [-0.1, -0.05) is 12.1 Å². The van der Waals surface area contributed by atoms with Crippen LogP contribution >= 0.6 is 0 Å². The molecule has 0 saturated heterocycles. The largest absolute Gasteiger partial charge is 0.508 e. The van der Waals surface area contributed by atoms with Crippen molar-refractivity contribution < 1.29 is 9.90 Å². The fourth-order valence-electron chi connectivity index (χ4n) is 3.03. The second-order valence-electron chi connectivity index (χ2n) is 6.94. The van der Waals surface area contributed by atoms with Gasteiger partial charge in [0.25, 0.3) is 5.91 Å². The summed E-state index contributed by atoms with van der Waals surface area (Å²) in [5.74, 6) is 0.0767. The number of hydrogen-bond donors (Lipinski definition) is 1. The highest BCUT2D eigenvalue weighted by atomic mass is 16.3. The van der Waals surface area contributed by atoms with Gasteiger partial charge in [0.1, 0.15) is 5.75 Å². The molecular weight excluding hydrogens is 350 g/mol. The normalized spacial score (nSPS) is 10.8. The van der Waals surface area contributed by atoms with E-state index in [0.29, 0.717) is 12.1 Å². The van der Waals surface area contributed by atoms with E-state index in [2.05, 4.69) is 9.88 Å². The van der Waals surface area contributed by atoms with Gasteiger partial charge < -0.3 is 14.9 Å². The maximum absolute atomic E-state index is 13.1. The number of amides is 1. The lowest BCUT2D eigenvalue weighted by molar-refractivity contribution is 0.0986. The lowest BCUT2D eigenvalue weighted by Crippen LogP contribution is -2.33. The number of carbonyl (C=O) groups excluding carboxylic acids is 1. The minimum absolute atomic E-state index is 0.0737. The van der Waals surface area contributed by atoms with Gasteiger partial charge in [0, 0.05) is 30.2 Å². The number of benzene rings is 2. The molecule has 1 amide bonds. The molecule has 0 spiro atoms. The molecule has 5 nitrogen and oxygen atoms in total. The van der Waals surface area contributed by atoms with E-state index in [9.17, 15) is 9.90 Å². The van der Waals surface area contributed by atoms with Crippen molar-refractivity contribution in [3.05, 3.63) is 78.6 Å². The average Bonchev–Trinajstić information content (AvgIpc) is 2.72. The smallest absolute Gasteiger partial charge is 0.258 e. The van der Waals surface area contributed by atoms with E-state index in [-0.39, 0.29) is 11.7 Å². The van der Waals surface area contributed by atoms with Gasteiger partial charge in [-0.25, -0.2) is 0 Å². The van der Waals surface area contributed by atoms with Crippen molar-refractivity contribution in [2.24, 2.45) is 0 Å². The molecule has 28 heavy (non-hydrogen) atoms. The molecule has 0 bridgehead atoms. The zero-order valence-electron chi connectivity index (χ0n) is 16.2. The molecule has 144 valence electrons. The van der Waals surface area contributed by atoms with Crippen LogP contribution in [0.5, 0.6) is 5.75 Å². The number of aromatic nitrogens is 1. The minimum atomic E-state index is -0.0737. The molecule has 0 saturated carbocycles. The van der Waals surface area contributed by atoms with Crippen LogP contribution in [0.4, 0.5) is 5.69 Å². The van der Waals surface area contributed by atoms with Crippen LogP contribution in [0.25, 0.3) is 11.1 Å². The molecule has 0 aliphatic rings. The third-order valence-corrected chi connectivity index (χ3v) is 4.54. The first-order chi connectivity index (χ1) is 13.5. The maximum atomic E-state index is 13.1. The maximum Gasteiger partial charge on any atom is 0.258 e. The summed E-state index contributed by atoms with van der Waals surface area (Å²) in [6, 6.07) is 18.3. The Bertz CT molecular complexity index is 891. The SMILES string of the molecule is CN(C)CCCN(C(=O)c1ccc(O)cc1)c1ccc(-c2ccncc2)cc1. The molecule has 2 aromatic carbocycles. The predicted octanol–water partition coefficient (Wildman–Crippen LogP) is 4.05. The Morgan fingerprint density at radius 1 is 0.857 bits per heavy atom. The van der Waals surface area contributed by atoms with E-state index in [1.807, 2.05) is 50.5 Å². The molecule has 0 aliphatic heterocycles. The monoisotopic (exact) mass is 375 g/mol. The second-order valence-corrected chi connectivity index (χ2v) is 6.94. The van der Waals surface area contributed by atoms with Crippen LogP contribution in [0.15, 0.2) is 73.1 Å². The molecule has 3 rings (SSSR count). The Balaban J connectivity index is 1.85. The molecule has 0 fully saturated rings. The molecular formula is C23H25N3O2. The first-order valence-electron chi connectivity index (χ1n) is 9.30. The number of phenols is 1. The topological polar surface area (TPSA) is 56.7 Å². The third kappa shape index (κ3) is 4.96. The highest BCUT2D eigenvalue weighted by Crippen LogP contribution is 2.24. The zero-order chi connectivity index (χ0) is 19.9. The van der Waals surface area contributed by atoms with Crippen LogP contribution in [0.2, 0.25) is 0 Å². The van der Waals surface area contributed by atoms with Crippen molar-refractivity contribution >= 4 is 11.6 Å². The van der Waals surface area contributed by atoms with E-state index in [0.717, 1.165) is 29.8 Å². The van der Waals surface area contributed by atoms with Gasteiger partial charge in [0.15, 0.2) is 0 Å². The summed E-state index contributed by atoms with van der Waals surface area (Å²) in [7, 11) is 4.05. The number of rotatable bonds is 7. The molecule has 0 unspecified atom stereocenters. The Morgan fingerprint density at radius 3 is 2.07 bits per heavy atom. The first-order valence-corrected chi connectivity index (χ1v) is 9.30. The van der Waals surface area contributed by atoms with Crippen molar-refractivity contribution in [3.63, 3.8) is 0 Å². The fraction of sp³-hybridized carbons (Fsp3) is 0.217. The number of phenolic OH excluding ortho intramolecular Hbond substituents is 1. The second kappa shape index (κ2) is 9.15. The van der Waals surface area contributed by atoms with Crippen LogP contribution in [0.3, 0.4) is 0 Å². The van der Waals surface area contributed by atoms with Crippen LogP contribution in [-0.2, 0) is 0 Å². The van der Waals surface area contributed by atoms with Gasteiger partial charge in [-0.3, -0.25) is 9.78 Å². The van der Waals surface area contributed by atoms with Gasteiger partial charge in [0.2, 0.25) is 0 Å². The van der Waals surface area contributed by atoms with Gasteiger partial charge in [-0.15, -0.1) is 0 Å². The summed E-state index contributed by atoms with van der Waals surface area (Å²) in [5, 5.41) is 9.50. The molecule has 1 heterocycles. The summed E-state index contributed by atoms with van der Waals surface area (Å²) in [6.07, 6.45) is 4.40. The van der Waals surface area contributed by atoms with Crippen LogP contribution in [-0.4, -0.2) is 48.1 Å². The van der Waals surface area contributed by atoms with Crippen LogP contribution in [0, 0.1) is 0 Å². The number of nitrogens with zero attached hydrogens (tertiary/aromatic N) is 3. The number of anilines is 1. The molecule has 0 aliphatic carbocycles. The highest BCUT2D eigenvalue weighted by Gasteiger charge is 2.18. The van der Waals surface area contributed by atoms with Crippen molar-refractivity contribution in [2.45, 2.75) is 6.42 Å². The number of hydrogen-bond acceptors (Lipinski definition) is 4. The van der Waals surface area contributed by atoms with E-state index < -0.39 is 0 Å². The lowest BCUT2D eigenvalue weighted by atomic mass is 10.1. The summed E-state index contributed by atoms with van der Waals surface area (Å²) >= 11 is 0. The van der Waals surface area contributed by atoms with Gasteiger partial charge in [-0.2, -0.15) is 0 Å². The van der Waals surface area contributed by atoms with E-state index in [1.54, 1.807) is 29.4 Å². The standard InChI is InChI=1S/C23H25N3O2/c1-25(2)16-3-17-26(23(28)20-6-10-22(27)11-7-20)21-8-4-18(5-9-21)19-12-14-24-15-13-19/h4-15,27H,3,16-17H2,1-2H3. The lowest BCUT2D eigenvalue weighted by Gasteiger charge is -2.24. The van der Waals surface area contributed by atoms with Crippen molar-refractivity contribution in [1.29, 1.82) is 0 Å². The predicted molar refractivity (Wildman–Crippen MR) is 113 cm³/mol. The quantitative estimate of drug-likeness (QED) is 0.677. The average molecular weight is 375 g/mol. The number of aromatic hydroxyl groups is 1. The zero-order valence-corrected chi connectivity index (χ0v) is 16.2. The van der Waals surface area contributed by atoms with E-state index in [4.69, 9.17) is 0 Å². The Morgan fingerprint density at radius 2 is 1.46 bits per heavy atom. The summed E-state index contributed by atoms with van der Waals surface area (Å²) in [5.41, 5.74) is 3.58. The summed E-state index contributed by atoms with van der Waals surface area (Å²) in [4.78, 5) is 21.1. The fourth-order valence-corrected chi connectivity index (χ4v) is 3.03. The van der Waals surface area contributed by atoms with Crippen molar-refractivity contribution in [3.8, 4) is 16.9 Å². The number of pyridine rings is 1. The molecule has 3 aromatic rings. The van der Waals surface area contributed by atoms with E-state index in [1.165, 1.54) is 12.1 Å². The van der Waals surface area contributed by atoms with Crippen molar-refractivity contribution in [1.82, 2.24) is 9.88 Å². The number of carbonyl (C=O) groups is 1.